The first-order chi connectivity index (χ1) is 8.32. The zero-order valence-corrected chi connectivity index (χ0v) is 9.76. The molecule has 0 aliphatic rings. The van der Waals surface area contributed by atoms with Gasteiger partial charge in [0.1, 0.15) is 11.9 Å². The van der Waals surface area contributed by atoms with Crippen LogP contribution in [0.1, 0.15) is 35.4 Å². The molecule has 0 saturated heterocycles. The summed E-state index contributed by atoms with van der Waals surface area (Å²) >= 11 is 0. The number of Topliss-reactive ketones (excluding diaryl/α,β-unsaturated/α-hetero) is 1. The fraction of sp³-hybridized carbons (Fsp3) is 0.333. The summed E-state index contributed by atoms with van der Waals surface area (Å²) in [5.74, 6) is -1.88. The van der Waals surface area contributed by atoms with Crippen LogP contribution >= 0.6 is 0 Å². The maximum atomic E-state index is 13.5. The van der Waals surface area contributed by atoms with Crippen LogP contribution in [0.3, 0.4) is 0 Å². The number of halogens is 1. The minimum Gasteiger partial charge on any atom is -0.390 e. The summed E-state index contributed by atoms with van der Waals surface area (Å²) in [5.41, 5.74) is 4.83. The summed E-state index contributed by atoms with van der Waals surface area (Å²) < 4.78 is 13.5. The summed E-state index contributed by atoms with van der Waals surface area (Å²) in [5, 5.41) is 19.2. The Bertz CT molecular complexity index is 475. The van der Waals surface area contributed by atoms with E-state index in [1.165, 1.54) is 13.0 Å². The number of amides is 1. The largest absolute Gasteiger partial charge is 0.390 e. The summed E-state index contributed by atoms with van der Waals surface area (Å²) in [6, 6.07) is 3.44. The zero-order valence-electron chi connectivity index (χ0n) is 9.76. The van der Waals surface area contributed by atoms with E-state index in [0.29, 0.717) is 0 Å². The van der Waals surface area contributed by atoms with Gasteiger partial charge >= 0.3 is 0 Å². The highest BCUT2D eigenvalue weighted by atomic mass is 19.1. The van der Waals surface area contributed by atoms with Gasteiger partial charge in [-0.1, -0.05) is 0 Å². The molecule has 0 aromatic heterocycles. The van der Waals surface area contributed by atoms with Crippen LogP contribution in [-0.4, -0.2) is 28.0 Å². The number of primary amides is 1. The molecule has 0 saturated carbocycles. The molecular weight excluding hydrogens is 241 g/mol. The van der Waals surface area contributed by atoms with Crippen LogP contribution in [0.2, 0.25) is 0 Å². The average Bonchev–Trinajstić information content (AvgIpc) is 2.27. The normalized spacial score (nSPS) is 14.0. The number of rotatable bonds is 5. The van der Waals surface area contributed by atoms with Crippen LogP contribution in [0.5, 0.6) is 0 Å². The Labute approximate surface area is 103 Å². The Morgan fingerprint density at radius 1 is 1.39 bits per heavy atom. The molecule has 0 spiro atoms. The Morgan fingerprint density at radius 2 is 2.00 bits per heavy atom. The quantitative estimate of drug-likeness (QED) is 0.658. The highest BCUT2D eigenvalue weighted by Crippen LogP contribution is 2.23. The SMILES string of the molecule is CC(=O)c1ccc(F)c(C(O)C(O)CC(N)=O)c1. The van der Waals surface area contributed by atoms with Crippen molar-refractivity contribution in [1.82, 2.24) is 0 Å². The van der Waals surface area contributed by atoms with Crippen LogP contribution in [0.25, 0.3) is 0 Å². The van der Waals surface area contributed by atoms with Gasteiger partial charge in [-0.25, -0.2) is 4.39 Å². The lowest BCUT2D eigenvalue weighted by molar-refractivity contribution is -0.121. The second kappa shape index (κ2) is 5.70. The van der Waals surface area contributed by atoms with Gasteiger partial charge in [-0.15, -0.1) is 0 Å². The lowest BCUT2D eigenvalue weighted by atomic mass is 9.98. The molecule has 1 aromatic carbocycles. The molecule has 0 fully saturated rings. The second-order valence-corrected chi connectivity index (χ2v) is 3.98. The summed E-state index contributed by atoms with van der Waals surface area (Å²) in [6.45, 7) is 1.29. The highest BCUT2D eigenvalue weighted by Gasteiger charge is 2.23. The maximum Gasteiger partial charge on any atom is 0.220 e. The van der Waals surface area contributed by atoms with Gasteiger partial charge in [-0.2, -0.15) is 0 Å². The third-order valence-electron chi connectivity index (χ3n) is 2.50. The third-order valence-corrected chi connectivity index (χ3v) is 2.50. The van der Waals surface area contributed by atoms with Crippen molar-refractivity contribution < 1.29 is 24.2 Å². The van der Waals surface area contributed by atoms with E-state index in [0.717, 1.165) is 12.1 Å². The molecule has 1 amide bonds. The zero-order chi connectivity index (χ0) is 13.9. The van der Waals surface area contributed by atoms with E-state index in [9.17, 15) is 24.2 Å². The van der Waals surface area contributed by atoms with Gasteiger partial charge in [0, 0.05) is 11.1 Å². The molecule has 1 rings (SSSR count). The molecule has 0 aliphatic heterocycles. The van der Waals surface area contributed by atoms with Gasteiger partial charge in [-0.3, -0.25) is 9.59 Å². The number of hydrogen-bond acceptors (Lipinski definition) is 4. The minimum absolute atomic E-state index is 0.205. The van der Waals surface area contributed by atoms with Gasteiger partial charge in [0.25, 0.3) is 0 Å². The van der Waals surface area contributed by atoms with E-state index in [4.69, 9.17) is 5.73 Å². The molecule has 2 atom stereocenters. The molecule has 5 nitrogen and oxygen atoms in total. The van der Waals surface area contributed by atoms with Crippen LogP contribution in [0.15, 0.2) is 18.2 Å². The van der Waals surface area contributed by atoms with Crippen LogP contribution in [0, 0.1) is 5.82 Å². The van der Waals surface area contributed by atoms with Crippen LogP contribution < -0.4 is 5.73 Å². The van der Waals surface area contributed by atoms with Crippen LogP contribution in [0.4, 0.5) is 4.39 Å². The van der Waals surface area contributed by atoms with Crippen molar-refractivity contribution >= 4 is 11.7 Å². The molecule has 0 radical (unpaired) electrons. The fourth-order valence-electron chi connectivity index (χ4n) is 1.51. The number of nitrogens with two attached hydrogens (primary N) is 1. The first kappa shape index (κ1) is 14.3. The maximum absolute atomic E-state index is 13.5. The fourth-order valence-corrected chi connectivity index (χ4v) is 1.51. The molecule has 98 valence electrons. The van der Waals surface area contributed by atoms with Gasteiger partial charge in [0.05, 0.1) is 12.5 Å². The van der Waals surface area contributed by atoms with Crippen molar-refractivity contribution in [2.45, 2.75) is 25.6 Å². The number of ketones is 1. The molecule has 1 aromatic rings. The number of aliphatic hydroxyl groups is 2. The molecule has 0 bridgehead atoms. The minimum atomic E-state index is -1.61. The predicted molar refractivity (Wildman–Crippen MR) is 61.2 cm³/mol. The van der Waals surface area contributed by atoms with Crippen molar-refractivity contribution in [3.63, 3.8) is 0 Å². The van der Waals surface area contributed by atoms with Crippen molar-refractivity contribution in [3.05, 3.63) is 35.1 Å². The van der Waals surface area contributed by atoms with Crippen molar-refractivity contribution in [3.8, 4) is 0 Å². The molecular formula is C12H14FNO4. The molecule has 4 N–H and O–H groups in total. The Morgan fingerprint density at radius 3 is 2.50 bits per heavy atom. The van der Waals surface area contributed by atoms with Gasteiger partial charge in [-0.05, 0) is 25.1 Å². The number of carbonyl (C=O) groups excluding carboxylic acids is 2. The smallest absolute Gasteiger partial charge is 0.220 e. The lowest BCUT2D eigenvalue weighted by Gasteiger charge is -2.18. The topological polar surface area (TPSA) is 101 Å². The average molecular weight is 255 g/mol. The second-order valence-electron chi connectivity index (χ2n) is 3.98. The lowest BCUT2D eigenvalue weighted by Crippen LogP contribution is -2.26. The summed E-state index contributed by atoms with van der Waals surface area (Å²) in [4.78, 5) is 21.7. The van der Waals surface area contributed by atoms with Crippen molar-refractivity contribution in [2.24, 2.45) is 5.73 Å². The number of aliphatic hydroxyl groups excluding tert-OH is 2. The first-order valence-electron chi connectivity index (χ1n) is 5.27. The Balaban J connectivity index is 3.03. The molecule has 0 heterocycles. The van der Waals surface area contributed by atoms with Crippen molar-refractivity contribution in [1.29, 1.82) is 0 Å². The van der Waals surface area contributed by atoms with Gasteiger partial charge in [0.15, 0.2) is 5.78 Å². The first-order valence-corrected chi connectivity index (χ1v) is 5.27. The molecule has 2 unspecified atom stereocenters. The van der Waals surface area contributed by atoms with Crippen LogP contribution in [-0.2, 0) is 4.79 Å². The Kier molecular flexibility index (Phi) is 4.52. The van der Waals surface area contributed by atoms with Gasteiger partial charge < -0.3 is 15.9 Å². The van der Waals surface area contributed by atoms with E-state index < -0.39 is 30.4 Å². The van der Waals surface area contributed by atoms with E-state index in [2.05, 4.69) is 0 Å². The number of hydrogen-bond donors (Lipinski definition) is 3. The predicted octanol–water partition coefficient (Wildman–Crippen LogP) is 0.298. The van der Waals surface area contributed by atoms with E-state index in [-0.39, 0.29) is 16.9 Å². The van der Waals surface area contributed by atoms with Gasteiger partial charge in [0.2, 0.25) is 5.91 Å². The number of carbonyl (C=O) groups is 2. The molecule has 18 heavy (non-hydrogen) atoms. The Hall–Kier alpha value is -1.79. The number of benzene rings is 1. The van der Waals surface area contributed by atoms with E-state index in [1.54, 1.807) is 0 Å². The monoisotopic (exact) mass is 255 g/mol. The third kappa shape index (κ3) is 3.35. The highest BCUT2D eigenvalue weighted by molar-refractivity contribution is 5.94. The van der Waals surface area contributed by atoms with Crippen molar-refractivity contribution in [2.75, 3.05) is 0 Å². The standard InChI is InChI=1S/C12H14FNO4/c1-6(15)7-2-3-9(13)8(4-7)12(18)10(16)5-11(14)17/h2-4,10,12,16,18H,5H2,1H3,(H2,14,17). The van der Waals surface area contributed by atoms with E-state index >= 15 is 0 Å². The summed E-state index contributed by atoms with van der Waals surface area (Å²) in [6.07, 6.45) is -3.62. The van der Waals surface area contributed by atoms with E-state index in [1.807, 2.05) is 0 Å². The molecule has 0 aliphatic carbocycles. The molecule has 6 heteroatoms. The summed E-state index contributed by atoms with van der Waals surface area (Å²) in [7, 11) is 0.